The van der Waals surface area contributed by atoms with Gasteiger partial charge < -0.3 is 9.64 Å². The monoisotopic (exact) mass is 169 g/mol. The van der Waals surface area contributed by atoms with Crippen molar-refractivity contribution in [2.24, 2.45) is 5.92 Å². The van der Waals surface area contributed by atoms with E-state index in [1.54, 1.807) is 0 Å². The van der Waals surface area contributed by atoms with Gasteiger partial charge in [-0.05, 0) is 19.5 Å². The highest BCUT2D eigenvalue weighted by Crippen LogP contribution is 2.15. The van der Waals surface area contributed by atoms with Gasteiger partial charge in [-0.2, -0.15) is 0 Å². The molecule has 12 heavy (non-hydrogen) atoms. The van der Waals surface area contributed by atoms with Gasteiger partial charge in [0.1, 0.15) is 5.78 Å². The van der Waals surface area contributed by atoms with Crippen molar-refractivity contribution in [1.29, 1.82) is 0 Å². The Morgan fingerprint density at radius 3 is 2.92 bits per heavy atom. The Kier molecular flexibility index (Phi) is 2.42. The zero-order valence-electron chi connectivity index (χ0n) is 7.29. The number of Topliss-reactive ketones (excluding diaryl/α,β-unsaturated/α-hetero) is 1. The normalized spacial score (nSPS) is 31.7. The van der Waals surface area contributed by atoms with Crippen molar-refractivity contribution in [3.05, 3.63) is 0 Å². The fraction of sp³-hybridized carbons (Fsp3) is 0.889. The summed E-state index contributed by atoms with van der Waals surface area (Å²) in [6.45, 7) is 4.55. The molecule has 0 saturated carbocycles. The average Bonchev–Trinajstić information content (AvgIpc) is 2.00. The third kappa shape index (κ3) is 1.67. The molecule has 0 N–H and O–H groups in total. The quantitative estimate of drug-likeness (QED) is 0.595. The van der Waals surface area contributed by atoms with Gasteiger partial charge in [-0.1, -0.05) is 0 Å². The lowest BCUT2D eigenvalue weighted by Gasteiger charge is -2.34. The number of nitrogens with zero attached hydrogens (tertiary/aromatic N) is 1. The molecular formula is C9H15NO2. The van der Waals surface area contributed by atoms with Crippen LogP contribution in [-0.2, 0) is 9.53 Å². The molecule has 0 aromatic heterocycles. The molecule has 2 aliphatic heterocycles. The van der Waals surface area contributed by atoms with Crippen LogP contribution < -0.4 is 0 Å². The third-order valence-corrected chi connectivity index (χ3v) is 2.69. The Labute approximate surface area is 72.7 Å². The van der Waals surface area contributed by atoms with E-state index in [9.17, 15) is 4.79 Å². The summed E-state index contributed by atoms with van der Waals surface area (Å²) in [5, 5.41) is 0. The highest BCUT2D eigenvalue weighted by Gasteiger charge is 2.26. The number of hydrogen-bond donors (Lipinski definition) is 0. The van der Waals surface area contributed by atoms with E-state index in [4.69, 9.17) is 4.74 Å². The number of ketones is 1. The predicted molar refractivity (Wildman–Crippen MR) is 45.0 cm³/mol. The molecule has 0 aliphatic carbocycles. The number of carbonyl (C=O) groups excluding carboxylic acids is 1. The van der Waals surface area contributed by atoms with Gasteiger partial charge in [-0.3, -0.25) is 4.79 Å². The second kappa shape index (κ2) is 3.54. The molecule has 0 bridgehead atoms. The lowest BCUT2D eigenvalue weighted by atomic mass is 9.99. The Balaban J connectivity index is 1.80. The van der Waals surface area contributed by atoms with Crippen molar-refractivity contribution in [2.75, 3.05) is 32.8 Å². The van der Waals surface area contributed by atoms with Gasteiger partial charge in [0.05, 0.1) is 19.1 Å². The molecule has 2 heterocycles. The lowest BCUT2D eigenvalue weighted by Crippen LogP contribution is -2.44. The first kappa shape index (κ1) is 8.20. The van der Waals surface area contributed by atoms with Gasteiger partial charge in [-0.25, -0.2) is 0 Å². The third-order valence-electron chi connectivity index (χ3n) is 2.69. The first-order chi connectivity index (χ1) is 5.86. The van der Waals surface area contributed by atoms with Gasteiger partial charge in [0.15, 0.2) is 0 Å². The predicted octanol–water partition coefficient (Wildman–Crippen LogP) is 0.298. The molecule has 3 heteroatoms. The largest absolute Gasteiger partial charge is 0.380 e. The Morgan fingerprint density at radius 2 is 2.33 bits per heavy atom. The van der Waals surface area contributed by atoms with Gasteiger partial charge in [-0.15, -0.1) is 0 Å². The van der Waals surface area contributed by atoms with Crippen molar-refractivity contribution in [3.8, 4) is 0 Å². The lowest BCUT2D eigenvalue weighted by molar-refractivity contribution is -0.131. The fourth-order valence-electron chi connectivity index (χ4n) is 1.73. The molecule has 0 aromatic carbocycles. The number of rotatable bonds is 2. The maximum atomic E-state index is 11.4. The molecule has 2 fully saturated rings. The summed E-state index contributed by atoms with van der Waals surface area (Å²) in [5.41, 5.74) is 0. The number of likely N-dealkylation sites (tertiary alicyclic amines) is 1. The maximum absolute atomic E-state index is 11.4. The zero-order chi connectivity index (χ0) is 8.39. The molecule has 1 unspecified atom stereocenters. The number of ether oxygens (including phenoxy) is 1. The molecule has 2 aliphatic rings. The minimum atomic E-state index is 0.166. The summed E-state index contributed by atoms with van der Waals surface area (Å²) in [7, 11) is 0. The van der Waals surface area contributed by atoms with Crippen molar-refractivity contribution >= 4 is 5.78 Å². The van der Waals surface area contributed by atoms with Gasteiger partial charge in [0.2, 0.25) is 0 Å². The van der Waals surface area contributed by atoms with Crippen molar-refractivity contribution < 1.29 is 9.53 Å². The molecule has 2 rings (SSSR count). The van der Waals surface area contributed by atoms with E-state index in [2.05, 4.69) is 4.90 Å². The Hall–Kier alpha value is -0.410. The molecule has 0 radical (unpaired) electrons. The van der Waals surface area contributed by atoms with E-state index in [0.29, 0.717) is 25.4 Å². The van der Waals surface area contributed by atoms with Crippen molar-refractivity contribution in [2.45, 2.75) is 12.8 Å². The molecule has 0 aromatic rings. The minimum absolute atomic E-state index is 0.166. The van der Waals surface area contributed by atoms with Gasteiger partial charge >= 0.3 is 0 Å². The SMILES string of the molecule is O=C1CCOCC1CN1CCC1. The first-order valence-corrected chi connectivity index (χ1v) is 4.69. The van der Waals surface area contributed by atoms with Crippen LogP contribution >= 0.6 is 0 Å². The number of hydrogen-bond acceptors (Lipinski definition) is 3. The second-order valence-corrected chi connectivity index (χ2v) is 3.64. The van der Waals surface area contributed by atoms with E-state index in [1.807, 2.05) is 0 Å². The second-order valence-electron chi connectivity index (χ2n) is 3.64. The average molecular weight is 169 g/mol. The smallest absolute Gasteiger partial charge is 0.141 e. The summed E-state index contributed by atoms with van der Waals surface area (Å²) in [5.74, 6) is 0.562. The molecule has 1 atom stereocenters. The van der Waals surface area contributed by atoms with E-state index < -0.39 is 0 Å². The van der Waals surface area contributed by atoms with Crippen LogP contribution in [0.1, 0.15) is 12.8 Å². The topological polar surface area (TPSA) is 29.5 Å². The summed E-state index contributed by atoms with van der Waals surface area (Å²) in [6.07, 6.45) is 1.92. The van der Waals surface area contributed by atoms with Crippen LogP contribution in [0.25, 0.3) is 0 Å². The van der Waals surface area contributed by atoms with E-state index in [1.165, 1.54) is 19.5 Å². The zero-order valence-corrected chi connectivity index (χ0v) is 7.29. The minimum Gasteiger partial charge on any atom is -0.380 e. The summed E-state index contributed by atoms with van der Waals surface area (Å²) >= 11 is 0. The first-order valence-electron chi connectivity index (χ1n) is 4.69. The molecule has 68 valence electrons. The van der Waals surface area contributed by atoms with E-state index >= 15 is 0 Å². The highest BCUT2D eigenvalue weighted by molar-refractivity contribution is 5.82. The maximum Gasteiger partial charge on any atom is 0.141 e. The number of carbonyl (C=O) groups is 1. The van der Waals surface area contributed by atoms with Gasteiger partial charge in [0, 0.05) is 13.0 Å². The fourth-order valence-corrected chi connectivity index (χ4v) is 1.73. The molecule has 2 saturated heterocycles. The molecular weight excluding hydrogens is 154 g/mol. The van der Waals surface area contributed by atoms with Crippen LogP contribution in [0.2, 0.25) is 0 Å². The molecule has 3 nitrogen and oxygen atoms in total. The van der Waals surface area contributed by atoms with Crippen molar-refractivity contribution in [1.82, 2.24) is 4.90 Å². The van der Waals surface area contributed by atoms with E-state index in [-0.39, 0.29) is 5.92 Å². The van der Waals surface area contributed by atoms with Crippen LogP contribution in [-0.4, -0.2) is 43.5 Å². The summed E-state index contributed by atoms with van der Waals surface area (Å²) < 4.78 is 5.27. The van der Waals surface area contributed by atoms with Crippen LogP contribution in [0.3, 0.4) is 0 Å². The Bertz CT molecular complexity index is 177. The van der Waals surface area contributed by atoms with Crippen molar-refractivity contribution in [3.63, 3.8) is 0 Å². The van der Waals surface area contributed by atoms with Crippen LogP contribution in [0.5, 0.6) is 0 Å². The molecule has 0 spiro atoms. The summed E-state index contributed by atoms with van der Waals surface area (Å²) in [4.78, 5) is 13.7. The standard InChI is InChI=1S/C9H15NO2/c11-9-2-5-12-7-8(9)6-10-3-1-4-10/h8H,1-7H2. The van der Waals surface area contributed by atoms with Gasteiger partial charge in [0.25, 0.3) is 0 Å². The molecule has 0 amide bonds. The van der Waals surface area contributed by atoms with Crippen LogP contribution in [0.4, 0.5) is 0 Å². The van der Waals surface area contributed by atoms with E-state index in [0.717, 1.165) is 6.54 Å². The van der Waals surface area contributed by atoms with Crippen LogP contribution in [0.15, 0.2) is 0 Å². The van der Waals surface area contributed by atoms with Crippen LogP contribution in [0, 0.1) is 5.92 Å². The Morgan fingerprint density at radius 1 is 1.50 bits per heavy atom. The highest BCUT2D eigenvalue weighted by atomic mass is 16.5. The summed E-state index contributed by atoms with van der Waals surface area (Å²) in [6, 6.07) is 0.